The van der Waals surface area contributed by atoms with E-state index in [2.05, 4.69) is 0 Å². The van der Waals surface area contributed by atoms with Gasteiger partial charge in [0.05, 0.1) is 12.7 Å². The predicted octanol–water partition coefficient (Wildman–Crippen LogP) is 2.10. The van der Waals surface area contributed by atoms with Crippen LogP contribution in [0.2, 0.25) is 0 Å². The summed E-state index contributed by atoms with van der Waals surface area (Å²) in [6.45, 7) is 1.95. The topological polar surface area (TPSA) is 44.5 Å². The summed E-state index contributed by atoms with van der Waals surface area (Å²) in [6, 6.07) is 4.39. The first-order valence-corrected chi connectivity index (χ1v) is 5.49. The molecule has 88 valence electrons. The molecule has 1 aromatic rings. The molecule has 0 bridgehead atoms. The maximum Gasteiger partial charge on any atom is 0.125 e. The van der Waals surface area contributed by atoms with Crippen molar-refractivity contribution in [1.82, 2.24) is 0 Å². The lowest BCUT2D eigenvalue weighted by molar-refractivity contribution is -0.0389. The molecule has 0 amide bonds. The zero-order valence-electron chi connectivity index (χ0n) is 9.12. The molecule has 0 radical (unpaired) electrons. The third-order valence-corrected chi connectivity index (χ3v) is 2.75. The van der Waals surface area contributed by atoms with Crippen LogP contribution in [-0.2, 0) is 16.1 Å². The largest absolute Gasteiger partial charge is 0.398 e. The minimum absolute atomic E-state index is 0.234. The van der Waals surface area contributed by atoms with Gasteiger partial charge in [-0.05, 0) is 25.0 Å². The zero-order valence-corrected chi connectivity index (χ0v) is 9.12. The van der Waals surface area contributed by atoms with Crippen molar-refractivity contribution in [1.29, 1.82) is 0 Å². The van der Waals surface area contributed by atoms with E-state index in [0.29, 0.717) is 12.3 Å². The molecule has 16 heavy (non-hydrogen) atoms. The molecule has 4 heteroatoms. The fraction of sp³-hybridized carbons (Fsp3) is 0.500. The smallest absolute Gasteiger partial charge is 0.125 e. The first-order valence-electron chi connectivity index (χ1n) is 5.49. The highest BCUT2D eigenvalue weighted by Gasteiger charge is 2.14. The number of benzene rings is 1. The Kier molecular flexibility index (Phi) is 3.74. The van der Waals surface area contributed by atoms with Gasteiger partial charge in [0.2, 0.25) is 0 Å². The lowest BCUT2D eigenvalue weighted by Gasteiger charge is -2.22. The van der Waals surface area contributed by atoms with Gasteiger partial charge >= 0.3 is 0 Å². The summed E-state index contributed by atoms with van der Waals surface area (Å²) in [6.07, 6.45) is 2.07. The molecule has 1 heterocycles. The van der Waals surface area contributed by atoms with Crippen molar-refractivity contribution in [2.24, 2.45) is 0 Å². The van der Waals surface area contributed by atoms with Gasteiger partial charge in [0.1, 0.15) is 5.82 Å². The van der Waals surface area contributed by atoms with E-state index in [1.165, 1.54) is 12.1 Å². The first-order chi connectivity index (χ1) is 7.75. The van der Waals surface area contributed by atoms with Gasteiger partial charge < -0.3 is 15.2 Å². The van der Waals surface area contributed by atoms with Gasteiger partial charge in [-0.3, -0.25) is 0 Å². The van der Waals surface area contributed by atoms with Gasteiger partial charge in [-0.15, -0.1) is 0 Å². The quantitative estimate of drug-likeness (QED) is 0.801. The van der Waals surface area contributed by atoms with Crippen LogP contribution in [0.4, 0.5) is 10.1 Å². The van der Waals surface area contributed by atoms with E-state index in [1.807, 2.05) is 0 Å². The van der Waals surface area contributed by atoms with E-state index >= 15 is 0 Å². The molecule has 1 fully saturated rings. The van der Waals surface area contributed by atoms with Crippen molar-refractivity contribution in [3.8, 4) is 0 Å². The maximum atomic E-state index is 12.8. The standard InChI is InChI=1S/C12H16FNO2/c13-10-2-1-9(12(14)7-10)8-16-11-3-5-15-6-4-11/h1-2,7,11H,3-6,8,14H2. The predicted molar refractivity (Wildman–Crippen MR) is 59.4 cm³/mol. The number of hydrogen-bond acceptors (Lipinski definition) is 3. The summed E-state index contributed by atoms with van der Waals surface area (Å²) in [5, 5.41) is 0. The Bertz CT molecular complexity index is 351. The molecule has 0 saturated carbocycles. The maximum absolute atomic E-state index is 12.8. The van der Waals surface area contributed by atoms with Crippen molar-refractivity contribution in [2.75, 3.05) is 18.9 Å². The molecule has 0 aromatic heterocycles. The van der Waals surface area contributed by atoms with E-state index in [4.69, 9.17) is 15.2 Å². The first kappa shape index (κ1) is 11.4. The Balaban J connectivity index is 1.88. The number of nitrogens with two attached hydrogens (primary N) is 1. The Hall–Kier alpha value is -1.13. The van der Waals surface area contributed by atoms with Crippen LogP contribution in [0.1, 0.15) is 18.4 Å². The van der Waals surface area contributed by atoms with E-state index in [-0.39, 0.29) is 11.9 Å². The van der Waals surface area contributed by atoms with Crippen LogP contribution in [-0.4, -0.2) is 19.3 Å². The highest BCUT2D eigenvalue weighted by Crippen LogP contribution is 2.18. The minimum Gasteiger partial charge on any atom is -0.398 e. The fourth-order valence-electron chi connectivity index (χ4n) is 1.75. The molecule has 1 saturated heterocycles. The normalized spacial score (nSPS) is 17.6. The van der Waals surface area contributed by atoms with Crippen molar-refractivity contribution < 1.29 is 13.9 Å². The average molecular weight is 225 g/mol. The number of halogens is 1. The summed E-state index contributed by atoms with van der Waals surface area (Å²) in [5.41, 5.74) is 6.98. The van der Waals surface area contributed by atoms with Crippen LogP contribution in [0, 0.1) is 5.82 Å². The second-order valence-corrected chi connectivity index (χ2v) is 3.97. The van der Waals surface area contributed by atoms with Crippen LogP contribution in [0.5, 0.6) is 0 Å². The molecule has 0 spiro atoms. The third kappa shape index (κ3) is 2.93. The molecule has 2 N–H and O–H groups in total. The number of nitrogen functional groups attached to an aromatic ring is 1. The highest BCUT2D eigenvalue weighted by molar-refractivity contribution is 5.46. The van der Waals surface area contributed by atoms with Gasteiger partial charge in [0.15, 0.2) is 0 Å². The Morgan fingerprint density at radius 1 is 1.38 bits per heavy atom. The number of rotatable bonds is 3. The van der Waals surface area contributed by atoms with Gasteiger partial charge in [0.25, 0.3) is 0 Å². The van der Waals surface area contributed by atoms with Crippen LogP contribution in [0.25, 0.3) is 0 Å². The Labute approximate surface area is 94.3 Å². The number of hydrogen-bond donors (Lipinski definition) is 1. The molecule has 3 nitrogen and oxygen atoms in total. The van der Waals surface area contributed by atoms with E-state index < -0.39 is 0 Å². The van der Waals surface area contributed by atoms with E-state index in [1.54, 1.807) is 6.07 Å². The second-order valence-electron chi connectivity index (χ2n) is 3.97. The van der Waals surface area contributed by atoms with Crippen molar-refractivity contribution in [2.45, 2.75) is 25.6 Å². The minimum atomic E-state index is -0.313. The van der Waals surface area contributed by atoms with Gasteiger partial charge in [-0.25, -0.2) is 4.39 Å². The van der Waals surface area contributed by atoms with Gasteiger partial charge in [-0.2, -0.15) is 0 Å². The molecular formula is C12H16FNO2. The molecule has 0 aliphatic carbocycles. The number of anilines is 1. The summed E-state index contributed by atoms with van der Waals surface area (Å²) in [7, 11) is 0. The van der Waals surface area contributed by atoms with Crippen LogP contribution in [0.3, 0.4) is 0 Å². The van der Waals surface area contributed by atoms with Crippen LogP contribution in [0.15, 0.2) is 18.2 Å². The second kappa shape index (κ2) is 5.27. The monoisotopic (exact) mass is 225 g/mol. The summed E-state index contributed by atoms with van der Waals surface area (Å²) < 4.78 is 23.7. The molecule has 1 aromatic carbocycles. The lowest BCUT2D eigenvalue weighted by atomic mass is 10.1. The Morgan fingerprint density at radius 2 is 2.12 bits per heavy atom. The van der Waals surface area contributed by atoms with E-state index in [9.17, 15) is 4.39 Å². The molecule has 2 rings (SSSR count). The molecule has 0 atom stereocenters. The SMILES string of the molecule is Nc1cc(F)ccc1COC1CCOCC1. The lowest BCUT2D eigenvalue weighted by Crippen LogP contribution is -2.23. The zero-order chi connectivity index (χ0) is 11.4. The molecular weight excluding hydrogens is 209 g/mol. The van der Waals surface area contributed by atoms with Crippen molar-refractivity contribution in [3.63, 3.8) is 0 Å². The van der Waals surface area contributed by atoms with Gasteiger partial charge in [-0.1, -0.05) is 6.07 Å². The highest BCUT2D eigenvalue weighted by atomic mass is 19.1. The van der Waals surface area contributed by atoms with Crippen molar-refractivity contribution in [3.05, 3.63) is 29.6 Å². The number of ether oxygens (including phenoxy) is 2. The van der Waals surface area contributed by atoms with Crippen molar-refractivity contribution >= 4 is 5.69 Å². The fourth-order valence-corrected chi connectivity index (χ4v) is 1.75. The molecule has 1 aliphatic rings. The molecule has 0 unspecified atom stereocenters. The summed E-state index contributed by atoms with van der Waals surface area (Å²) >= 11 is 0. The molecule has 1 aliphatic heterocycles. The third-order valence-electron chi connectivity index (χ3n) is 2.75. The average Bonchev–Trinajstić information content (AvgIpc) is 2.29. The summed E-state index contributed by atoms with van der Waals surface area (Å²) in [4.78, 5) is 0. The van der Waals surface area contributed by atoms with Gasteiger partial charge in [0, 0.05) is 24.5 Å². The summed E-state index contributed by atoms with van der Waals surface area (Å²) in [5.74, 6) is -0.313. The Morgan fingerprint density at radius 3 is 2.81 bits per heavy atom. The van der Waals surface area contributed by atoms with E-state index in [0.717, 1.165) is 31.6 Å². The van der Waals surface area contributed by atoms with Crippen LogP contribution >= 0.6 is 0 Å². The van der Waals surface area contributed by atoms with Crippen LogP contribution < -0.4 is 5.73 Å².